The van der Waals surface area contributed by atoms with Crippen molar-refractivity contribution in [2.75, 3.05) is 0 Å². The summed E-state index contributed by atoms with van der Waals surface area (Å²) < 4.78 is 6.95. The van der Waals surface area contributed by atoms with Gasteiger partial charge in [0.1, 0.15) is 0 Å². The zero-order valence-corrected chi connectivity index (χ0v) is 92.2. The molecule has 148 heavy (non-hydrogen) atoms. The molecule has 2 aromatic heterocycles. The van der Waals surface area contributed by atoms with Crippen LogP contribution < -0.4 is 5.46 Å². The smallest absolute Gasteiger partial charge is 0.423 e. The lowest BCUT2D eigenvalue weighted by Crippen LogP contribution is -2.31. The van der Waals surface area contributed by atoms with Crippen molar-refractivity contribution in [2.24, 2.45) is 0 Å². The van der Waals surface area contributed by atoms with E-state index >= 15 is 0 Å². The van der Waals surface area contributed by atoms with Gasteiger partial charge in [0.15, 0.2) is 0 Å². The maximum absolute atomic E-state index is 11.7. The van der Waals surface area contributed by atoms with Crippen molar-refractivity contribution in [2.45, 2.75) is 145 Å². The molecular weight excluding hydrogens is 1940 g/mol. The number of nitro groups is 2. The van der Waals surface area contributed by atoms with Gasteiger partial charge in [0.05, 0.1) is 42.9 Å². The molecule has 0 atom stereocenters. The number of fused-ring (bicyclic) bond motifs is 9. The lowest BCUT2D eigenvalue weighted by Gasteiger charge is -2.11. The van der Waals surface area contributed by atoms with Crippen molar-refractivity contribution in [3.05, 3.63) is 594 Å². The third kappa shape index (κ3) is 32.8. The molecule has 1 aliphatic rings. The van der Waals surface area contributed by atoms with E-state index in [0.717, 1.165) is 44.0 Å². The van der Waals surface area contributed by atoms with Crippen LogP contribution in [0.3, 0.4) is 0 Å². The van der Waals surface area contributed by atoms with Crippen molar-refractivity contribution in [3.8, 4) is 33.6 Å². The molecule has 2 N–H and O–H groups in total. The Morgan fingerprint density at radius 3 is 0.770 bits per heavy atom. The minimum absolute atomic E-state index is 0.0949. The highest BCUT2D eigenvalue weighted by Crippen LogP contribution is 2.44. The molecule has 0 saturated carbocycles. The zero-order valence-electron chi connectivity index (χ0n) is 89.0. The molecule has 0 aliphatic heterocycles. The number of hydrogen-bond acceptors (Lipinski definition) is 6. The SMILES string of the molecule is Brc1cccc2c1-c1ccccc1C2.Cc1ccccc1-n1c2ccccc2c2c(-c3ccccc3[N+](=O)[O-])cccc21.Cc1ccccc1-n1c2ccccc2c2c(Br)cccc21.Cc1ccccc1C.Cc1ccccc1C.Cc1ccccc1C.Cc1ccccc1C.Cc1ccccc1C.Cc1ccccc1C.Cc1ccccc1C.Cc1ccccc1C.Cc1ccccc1C.O=[N+]([O-])c1ccccc1B(O)O. The molecule has 0 amide bonds. The Morgan fingerprint density at radius 2 is 0.453 bits per heavy atom. The van der Waals surface area contributed by atoms with E-state index in [9.17, 15) is 20.2 Å². The standard InChI is InChI=1S/C25H18N2O2.C19H14BrN.C13H9Br.9C8H10.C6H6BNO4/c1-17-9-2-5-13-21(17)26-22-14-6-4-11-20(22)25-19(12-8-16-24(25)26)18-10-3-7-15-23(18)27(28)29;1-13-7-2-4-10-16(13)21-17-11-5-3-8-14(17)19-15(20)9-6-12-18(19)21;14-12-7-3-5-10-8-9-4-1-2-6-11(9)13(10)12;9*1-7-5-3-4-6-8(7)2;9-7(10)5-3-1-2-4-6(5)8(11)12/h2-16H,1H3;2-12H,1H3;1-7H,8H2;9*3-6H,1-2H3;1-4,9-10H. The van der Waals surface area contributed by atoms with Crippen LogP contribution in [-0.2, 0) is 6.42 Å². The lowest BCUT2D eigenvalue weighted by atomic mass is 9.79. The molecule has 1 aliphatic carbocycles. The second kappa shape index (κ2) is 58.0. The third-order valence-corrected chi connectivity index (χ3v) is 27.8. The summed E-state index contributed by atoms with van der Waals surface area (Å²) in [5.41, 5.74) is 40.9. The highest BCUT2D eigenvalue weighted by molar-refractivity contribution is 9.11. The highest BCUT2D eigenvalue weighted by Gasteiger charge is 2.25. The fraction of sp³-hybridized carbons (Fsp3) is 0.156. The summed E-state index contributed by atoms with van der Waals surface area (Å²) in [7, 11) is -1.80. The second-order valence-electron chi connectivity index (χ2n) is 36.9. The Bertz CT molecular complexity index is 7120. The maximum atomic E-state index is 11.7. The van der Waals surface area contributed by atoms with Crippen molar-refractivity contribution in [1.29, 1.82) is 0 Å². The summed E-state index contributed by atoms with van der Waals surface area (Å²) in [6.45, 7) is 42.4. The van der Waals surface area contributed by atoms with Gasteiger partial charge in [-0.2, -0.15) is 0 Å². The van der Waals surface area contributed by atoms with Gasteiger partial charge in [0.2, 0.25) is 0 Å². The molecule has 0 bridgehead atoms. The number of benzene rings is 19. The second-order valence-corrected chi connectivity index (χ2v) is 38.7. The fourth-order valence-electron chi connectivity index (χ4n) is 16.2. The van der Waals surface area contributed by atoms with Gasteiger partial charge in [0.25, 0.3) is 11.4 Å². The predicted octanol–water partition coefficient (Wildman–Crippen LogP) is 36.5. The van der Waals surface area contributed by atoms with Gasteiger partial charge in [-0.3, -0.25) is 20.2 Å². The monoisotopic (exact) mass is 2080 g/mol. The lowest BCUT2D eigenvalue weighted by molar-refractivity contribution is -0.384. The Kier molecular flexibility index (Phi) is 44.9. The van der Waals surface area contributed by atoms with E-state index in [0.29, 0.717) is 5.56 Å². The minimum Gasteiger partial charge on any atom is -0.423 e. The molecule has 13 heteroatoms. The van der Waals surface area contributed by atoms with Gasteiger partial charge in [-0.1, -0.05) is 408 Å². The van der Waals surface area contributed by atoms with E-state index in [1.165, 1.54) is 190 Å². The van der Waals surface area contributed by atoms with Crippen LogP contribution in [0.15, 0.2) is 452 Å². The first-order chi connectivity index (χ1) is 71.2. The number of hydrogen-bond donors (Lipinski definition) is 2. The highest BCUT2D eigenvalue weighted by atomic mass is 79.9. The van der Waals surface area contributed by atoms with Crippen LogP contribution in [0.25, 0.3) is 77.2 Å². The van der Waals surface area contributed by atoms with E-state index in [-0.39, 0.29) is 21.8 Å². The normalized spacial score (nSPS) is 10.2. The number of para-hydroxylation sites is 6. The first-order valence-corrected chi connectivity index (χ1v) is 51.5. The number of aromatic nitrogens is 2. The molecule has 2 heterocycles. The number of aryl methyl sites for hydroxylation is 20. The summed E-state index contributed by atoms with van der Waals surface area (Å²) >= 11 is 7.33. The summed E-state index contributed by atoms with van der Waals surface area (Å²) in [6, 6.07) is 149. The van der Waals surface area contributed by atoms with Crippen LogP contribution in [0.5, 0.6) is 0 Å². The molecule has 0 saturated heterocycles. The van der Waals surface area contributed by atoms with E-state index in [4.69, 9.17) is 10.0 Å². The average Bonchev–Trinajstić information content (AvgIpc) is 1.57. The molecule has 10 nitrogen and oxygen atoms in total. The molecule has 21 aromatic rings. The summed E-state index contributed by atoms with van der Waals surface area (Å²) in [5, 5.41) is 44.1. The summed E-state index contributed by atoms with van der Waals surface area (Å²) in [4.78, 5) is 21.0. The van der Waals surface area contributed by atoms with Gasteiger partial charge < -0.3 is 19.2 Å². The molecule has 750 valence electrons. The van der Waals surface area contributed by atoms with Crippen LogP contribution in [0.2, 0.25) is 0 Å². The van der Waals surface area contributed by atoms with Gasteiger partial charge in [-0.15, -0.1) is 0 Å². The van der Waals surface area contributed by atoms with Gasteiger partial charge >= 0.3 is 7.12 Å². The van der Waals surface area contributed by atoms with Crippen LogP contribution in [0.1, 0.15) is 122 Å². The van der Waals surface area contributed by atoms with Gasteiger partial charge in [-0.25, -0.2) is 0 Å². The van der Waals surface area contributed by atoms with Crippen molar-refractivity contribution < 1.29 is 19.9 Å². The number of nitro benzene ring substituents is 2. The van der Waals surface area contributed by atoms with E-state index < -0.39 is 12.0 Å². The summed E-state index contributed by atoms with van der Waals surface area (Å²) in [6.07, 6.45) is 1.07. The molecule has 0 spiro atoms. The average molecular weight is 2080 g/mol. The summed E-state index contributed by atoms with van der Waals surface area (Å²) in [5.74, 6) is 0. The van der Waals surface area contributed by atoms with Crippen molar-refractivity contribution in [3.63, 3.8) is 0 Å². The van der Waals surface area contributed by atoms with Crippen LogP contribution in [0.4, 0.5) is 11.4 Å². The Labute approximate surface area is 894 Å². The number of halogens is 2. The Hall–Kier alpha value is -15.5. The molecule has 0 radical (unpaired) electrons. The van der Waals surface area contributed by atoms with E-state index in [1.54, 1.807) is 12.1 Å². The maximum Gasteiger partial charge on any atom is 0.495 e. The molecular formula is C135H137BBr2N4O6. The van der Waals surface area contributed by atoms with Gasteiger partial charge in [-0.05, 0) is 339 Å². The first-order valence-electron chi connectivity index (χ1n) is 49.9. The predicted molar refractivity (Wildman–Crippen MR) is 639 cm³/mol. The van der Waals surface area contributed by atoms with Crippen molar-refractivity contribution >= 4 is 99.4 Å². The number of nitrogens with zero attached hydrogens (tertiary/aromatic N) is 4. The Balaban J connectivity index is 0.000000170. The zero-order chi connectivity index (χ0) is 107. The van der Waals surface area contributed by atoms with Gasteiger partial charge in [0, 0.05) is 54.0 Å². The van der Waals surface area contributed by atoms with E-state index in [2.05, 4.69) is 537 Å². The van der Waals surface area contributed by atoms with E-state index in [1.807, 2.05) is 48.5 Å². The van der Waals surface area contributed by atoms with Crippen LogP contribution >= 0.6 is 31.9 Å². The molecule has 0 unspecified atom stereocenters. The largest absolute Gasteiger partial charge is 0.495 e. The quantitative estimate of drug-likeness (QED) is 0.0966. The fourth-order valence-corrected chi connectivity index (χ4v) is 17.4. The minimum atomic E-state index is -1.80. The van der Waals surface area contributed by atoms with Crippen molar-refractivity contribution in [1.82, 2.24) is 9.13 Å². The van der Waals surface area contributed by atoms with Crippen LogP contribution in [-0.4, -0.2) is 36.1 Å². The Morgan fingerprint density at radius 1 is 0.223 bits per heavy atom. The number of rotatable bonds is 6. The first kappa shape index (κ1) is 114. The molecule has 0 fully saturated rings. The van der Waals surface area contributed by atoms with Crippen LogP contribution in [0, 0.1) is 159 Å². The topological polar surface area (TPSA) is 137 Å². The molecule has 19 aromatic carbocycles. The third-order valence-electron chi connectivity index (χ3n) is 26.5. The molecule has 22 rings (SSSR count).